The van der Waals surface area contributed by atoms with Gasteiger partial charge in [0.25, 0.3) is 0 Å². The van der Waals surface area contributed by atoms with Gasteiger partial charge in [-0.1, -0.05) is 19.9 Å². The van der Waals surface area contributed by atoms with Crippen LogP contribution >= 0.6 is 0 Å². The summed E-state index contributed by atoms with van der Waals surface area (Å²) in [4.78, 5) is 13.3. The van der Waals surface area contributed by atoms with Gasteiger partial charge < -0.3 is 15.3 Å². The summed E-state index contributed by atoms with van der Waals surface area (Å²) in [6.07, 6.45) is 1.15. The summed E-state index contributed by atoms with van der Waals surface area (Å²) in [6, 6.07) is 7.70. The number of rotatable bonds is 4. The van der Waals surface area contributed by atoms with Crippen LogP contribution in [0.1, 0.15) is 30.6 Å². The zero-order chi connectivity index (χ0) is 13.8. The molecule has 0 bridgehead atoms. The normalized spacial score (nSPS) is 19.7. The molecule has 1 aliphatic heterocycles. The van der Waals surface area contributed by atoms with Crippen LogP contribution in [0, 0.1) is 5.92 Å². The van der Waals surface area contributed by atoms with Crippen LogP contribution in [0.25, 0.3) is 0 Å². The topological polar surface area (TPSA) is 52.6 Å². The number of carbonyl (C=O) groups is 1. The zero-order valence-corrected chi connectivity index (χ0v) is 11.6. The molecule has 0 radical (unpaired) electrons. The van der Waals surface area contributed by atoms with E-state index in [2.05, 4.69) is 24.1 Å². The van der Waals surface area contributed by atoms with E-state index in [9.17, 15) is 4.79 Å². The Kier molecular flexibility index (Phi) is 4.43. The molecule has 19 heavy (non-hydrogen) atoms. The van der Waals surface area contributed by atoms with Crippen molar-refractivity contribution in [2.75, 3.05) is 24.5 Å². The number of benzene rings is 1. The van der Waals surface area contributed by atoms with Gasteiger partial charge in [0.1, 0.15) is 0 Å². The second-order valence-corrected chi connectivity index (χ2v) is 5.58. The van der Waals surface area contributed by atoms with Crippen molar-refractivity contribution in [2.45, 2.75) is 26.3 Å². The Bertz CT molecular complexity index is 446. The summed E-state index contributed by atoms with van der Waals surface area (Å²) < 4.78 is 0. The summed E-state index contributed by atoms with van der Waals surface area (Å²) >= 11 is 0. The summed E-state index contributed by atoms with van der Waals surface area (Å²) in [6.45, 7) is 7.28. The molecule has 0 spiro atoms. The smallest absolute Gasteiger partial charge is 0.335 e. The fourth-order valence-corrected chi connectivity index (χ4v) is 2.62. The fourth-order valence-electron chi connectivity index (χ4n) is 2.62. The molecule has 1 fully saturated rings. The van der Waals surface area contributed by atoms with Crippen molar-refractivity contribution in [3.05, 3.63) is 29.8 Å². The maximum atomic E-state index is 11.0. The molecule has 1 aromatic rings. The predicted octanol–water partition coefficient (Wildman–Crippen LogP) is 2.21. The largest absolute Gasteiger partial charge is 0.478 e. The monoisotopic (exact) mass is 262 g/mol. The van der Waals surface area contributed by atoms with Crippen LogP contribution in [0.3, 0.4) is 0 Å². The Balaban J connectivity index is 2.08. The molecule has 0 amide bonds. The maximum absolute atomic E-state index is 11.0. The van der Waals surface area contributed by atoms with Crippen molar-refractivity contribution < 1.29 is 9.90 Å². The first-order valence-corrected chi connectivity index (χ1v) is 6.88. The van der Waals surface area contributed by atoms with Crippen LogP contribution < -0.4 is 10.2 Å². The molecule has 4 nitrogen and oxygen atoms in total. The van der Waals surface area contributed by atoms with E-state index in [0.717, 1.165) is 31.7 Å². The Morgan fingerprint density at radius 3 is 3.00 bits per heavy atom. The number of hydrogen-bond acceptors (Lipinski definition) is 3. The van der Waals surface area contributed by atoms with Gasteiger partial charge in [0, 0.05) is 31.4 Å². The quantitative estimate of drug-likeness (QED) is 0.873. The molecule has 1 atom stereocenters. The minimum atomic E-state index is -0.865. The second-order valence-electron chi connectivity index (χ2n) is 5.58. The third kappa shape index (κ3) is 3.70. The van der Waals surface area contributed by atoms with Crippen molar-refractivity contribution in [3.8, 4) is 0 Å². The highest BCUT2D eigenvalue weighted by Gasteiger charge is 2.20. The van der Waals surface area contributed by atoms with Crippen molar-refractivity contribution in [3.63, 3.8) is 0 Å². The molecule has 1 aliphatic rings. The summed E-state index contributed by atoms with van der Waals surface area (Å²) in [7, 11) is 0. The average Bonchev–Trinajstić information content (AvgIpc) is 2.38. The summed E-state index contributed by atoms with van der Waals surface area (Å²) in [5.41, 5.74) is 1.37. The van der Waals surface area contributed by atoms with Crippen molar-refractivity contribution >= 4 is 11.7 Å². The molecule has 104 valence electrons. The number of carboxylic acid groups (broad SMARTS) is 1. The van der Waals surface area contributed by atoms with E-state index in [1.54, 1.807) is 12.1 Å². The van der Waals surface area contributed by atoms with E-state index < -0.39 is 5.97 Å². The van der Waals surface area contributed by atoms with Gasteiger partial charge in [-0.2, -0.15) is 0 Å². The molecule has 0 saturated carbocycles. The first-order valence-electron chi connectivity index (χ1n) is 6.88. The first kappa shape index (κ1) is 13.9. The molecule has 1 aromatic carbocycles. The molecule has 1 heterocycles. The highest BCUT2D eigenvalue weighted by atomic mass is 16.4. The zero-order valence-electron chi connectivity index (χ0n) is 11.6. The molecular weight excluding hydrogens is 240 g/mol. The lowest BCUT2D eigenvalue weighted by Crippen LogP contribution is -2.51. The Hall–Kier alpha value is -1.55. The van der Waals surface area contributed by atoms with Gasteiger partial charge in [0.05, 0.1) is 5.56 Å². The molecule has 0 aliphatic carbocycles. The minimum Gasteiger partial charge on any atom is -0.478 e. The Morgan fingerprint density at radius 1 is 1.53 bits per heavy atom. The fraction of sp³-hybridized carbons (Fsp3) is 0.533. The lowest BCUT2D eigenvalue weighted by molar-refractivity contribution is 0.0697. The third-order valence-corrected chi connectivity index (χ3v) is 3.47. The van der Waals surface area contributed by atoms with Gasteiger partial charge in [0.2, 0.25) is 0 Å². The Morgan fingerprint density at radius 2 is 2.32 bits per heavy atom. The van der Waals surface area contributed by atoms with Crippen molar-refractivity contribution in [2.24, 2.45) is 5.92 Å². The van der Waals surface area contributed by atoms with Crippen LogP contribution in [0.5, 0.6) is 0 Å². The lowest BCUT2D eigenvalue weighted by atomic mass is 10.0. The van der Waals surface area contributed by atoms with E-state index in [-0.39, 0.29) is 0 Å². The number of anilines is 1. The number of hydrogen-bond donors (Lipinski definition) is 2. The Labute approximate surface area is 114 Å². The molecular formula is C15H22N2O2. The number of aromatic carboxylic acids is 1. The molecule has 2 N–H and O–H groups in total. The van der Waals surface area contributed by atoms with Gasteiger partial charge in [-0.05, 0) is 30.5 Å². The number of nitrogens with one attached hydrogen (secondary N) is 1. The van der Waals surface area contributed by atoms with Crippen molar-refractivity contribution in [1.29, 1.82) is 0 Å². The summed E-state index contributed by atoms with van der Waals surface area (Å²) in [5, 5.41) is 12.6. The third-order valence-electron chi connectivity index (χ3n) is 3.47. The number of piperazine rings is 1. The van der Waals surface area contributed by atoms with Gasteiger partial charge in [-0.25, -0.2) is 4.79 Å². The maximum Gasteiger partial charge on any atom is 0.335 e. The molecule has 1 unspecified atom stereocenters. The van der Waals surface area contributed by atoms with Crippen LogP contribution in [-0.2, 0) is 0 Å². The van der Waals surface area contributed by atoms with E-state index >= 15 is 0 Å². The number of nitrogens with zero attached hydrogens (tertiary/aromatic N) is 1. The molecule has 0 aromatic heterocycles. The SMILES string of the molecule is CC(C)CC1CN(c2cccc(C(=O)O)c2)CCN1. The van der Waals surface area contributed by atoms with E-state index in [1.165, 1.54) is 0 Å². The predicted molar refractivity (Wildman–Crippen MR) is 76.9 cm³/mol. The minimum absolute atomic E-state index is 0.358. The lowest BCUT2D eigenvalue weighted by Gasteiger charge is -2.36. The standard InChI is InChI=1S/C15H22N2O2/c1-11(2)8-13-10-17(7-6-16-13)14-5-3-4-12(9-14)15(18)19/h3-5,9,11,13,16H,6-8,10H2,1-2H3,(H,18,19). The van der Waals surface area contributed by atoms with Gasteiger partial charge in [-0.15, -0.1) is 0 Å². The van der Waals surface area contributed by atoms with E-state index in [0.29, 0.717) is 17.5 Å². The van der Waals surface area contributed by atoms with Gasteiger partial charge in [0.15, 0.2) is 0 Å². The van der Waals surface area contributed by atoms with Crippen LogP contribution in [0.4, 0.5) is 5.69 Å². The molecule has 2 rings (SSSR count). The van der Waals surface area contributed by atoms with E-state index in [4.69, 9.17) is 5.11 Å². The highest BCUT2D eigenvalue weighted by molar-refractivity contribution is 5.88. The van der Waals surface area contributed by atoms with Crippen molar-refractivity contribution in [1.82, 2.24) is 5.32 Å². The molecule has 4 heteroatoms. The average molecular weight is 262 g/mol. The summed E-state index contributed by atoms with van der Waals surface area (Å²) in [5.74, 6) is -0.196. The second kappa shape index (κ2) is 6.06. The van der Waals surface area contributed by atoms with Gasteiger partial charge >= 0.3 is 5.97 Å². The van der Waals surface area contributed by atoms with E-state index in [1.807, 2.05) is 12.1 Å². The van der Waals surface area contributed by atoms with Gasteiger partial charge in [-0.3, -0.25) is 0 Å². The molecule has 1 saturated heterocycles. The highest BCUT2D eigenvalue weighted by Crippen LogP contribution is 2.19. The van der Waals surface area contributed by atoms with Crippen LogP contribution in [0.2, 0.25) is 0 Å². The van der Waals surface area contributed by atoms with Crippen LogP contribution in [0.15, 0.2) is 24.3 Å². The first-order chi connectivity index (χ1) is 9.06. The van der Waals surface area contributed by atoms with Crippen LogP contribution in [-0.4, -0.2) is 36.8 Å². The number of carboxylic acids is 1.